The number of ketones is 1. The van der Waals surface area contributed by atoms with Crippen molar-refractivity contribution in [1.82, 2.24) is 15.1 Å². The molecule has 19 heavy (non-hydrogen) atoms. The van der Waals surface area contributed by atoms with Gasteiger partial charge in [0.05, 0.1) is 5.69 Å². The average molecular weight is 263 g/mol. The van der Waals surface area contributed by atoms with Crippen LogP contribution < -0.4 is 5.32 Å². The largest absolute Gasteiger partial charge is 0.316 e. The van der Waals surface area contributed by atoms with Gasteiger partial charge in [-0.1, -0.05) is 13.8 Å². The van der Waals surface area contributed by atoms with E-state index in [0.29, 0.717) is 12.2 Å². The number of nitrogens with zero attached hydrogens (tertiary/aromatic N) is 2. The molecule has 0 saturated carbocycles. The highest BCUT2D eigenvalue weighted by Gasteiger charge is 2.39. The Morgan fingerprint density at radius 1 is 1.47 bits per heavy atom. The van der Waals surface area contributed by atoms with Crippen LogP contribution in [0, 0.1) is 5.41 Å². The van der Waals surface area contributed by atoms with Gasteiger partial charge in [-0.05, 0) is 38.8 Å². The second-order valence-electron chi connectivity index (χ2n) is 5.46. The fourth-order valence-corrected chi connectivity index (χ4v) is 2.94. The summed E-state index contributed by atoms with van der Waals surface area (Å²) in [7, 11) is 0. The third kappa shape index (κ3) is 2.73. The van der Waals surface area contributed by atoms with Crippen molar-refractivity contribution in [2.24, 2.45) is 5.41 Å². The lowest BCUT2D eigenvalue weighted by atomic mass is 9.78. The lowest BCUT2D eigenvalue weighted by Crippen LogP contribution is -2.34. The first kappa shape index (κ1) is 14.3. The first-order valence-electron chi connectivity index (χ1n) is 7.44. The van der Waals surface area contributed by atoms with Gasteiger partial charge in [-0.2, -0.15) is 5.10 Å². The van der Waals surface area contributed by atoms with Crippen molar-refractivity contribution in [3.8, 4) is 0 Å². The Labute approximate surface area is 115 Å². The topological polar surface area (TPSA) is 46.9 Å². The number of hydrogen-bond donors (Lipinski definition) is 1. The fraction of sp³-hybridized carbons (Fsp3) is 0.733. The summed E-state index contributed by atoms with van der Waals surface area (Å²) in [5.41, 5.74) is 2.01. The molecular formula is C15H25N3O. The second-order valence-corrected chi connectivity index (χ2v) is 5.46. The monoisotopic (exact) mass is 263 g/mol. The van der Waals surface area contributed by atoms with Crippen LogP contribution in [0.15, 0.2) is 6.07 Å². The normalized spacial score (nSPS) is 22.9. The third-order valence-corrected chi connectivity index (χ3v) is 4.43. The van der Waals surface area contributed by atoms with Crippen LogP contribution in [0.3, 0.4) is 0 Å². The molecule has 1 saturated heterocycles. The van der Waals surface area contributed by atoms with Gasteiger partial charge in [-0.25, -0.2) is 0 Å². The fourth-order valence-electron chi connectivity index (χ4n) is 2.94. The van der Waals surface area contributed by atoms with Crippen LogP contribution in [0.4, 0.5) is 0 Å². The SMILES string of the molecule is CCc1cc(CC(=O)C2(CC)CCNC2)n(CC)n1. The van der Waals surface area contributed by atoms with Crippen molar-refractivity contribution in [1.29, 1.82) is 0 Å². The Hall–Kier alpha value is -1.16. The number of nitrogens with one attached hydrogen (secondary N) is 1. The van der Waals surface area contributed by atoms with Gasteiger partial charge in [0, 0.05) is 30.6 Å². The zero-order chi connectivity index (χ0) is 13.9. The van der Waals surface area contributed by atoms with Crippen LogP contribution in [-0.4, -0.2) is 28.7 Å². The van der Waals surface area contributed by atoms with E-state index in [2.05, 4.69) is 37.3 Å². The standard InChI is InChI=1S/C15H25N3O/c1-4-12-9-13(18(6-3)17-12)10-14(19)15(5-2)7-8-16-11-15/h9,16H,4-8,10-11H2,1-3H3. The van der Waals surface area contributed by atoms with Crippen molar-refractivity contribution in [3.63, 3.8) is 0 Å². The minimum absolute atomic E-state index is 0.144. The smallest absolute Gasteiger partial charge is 0.146 e. The number of aryl methyl sites for hydroxylation is 2. The Morgan fingerprint density at radius 2 is 2.26 bits per heavy atom. The summed E-state index contributed by atoms with van der Waals surface area (Å²) in [5.74, 6) is 0.372. The van der Waals surface area contributed by atoms with E-state index >= 15 is 0 Å². The van der Waals surface area contributed by atoms with Crippen molar-refractivity contribution in [2.45, 2.75) is 53.0 Å². The van der Waals surface area contributed by atoms with Gasteiger partial charge in [-0.3, -0.25) is 9.48 Å². The van der Waals surface area contributed by atoms with Crippen LogP contribution in [0.1, 0.15) is 45.0 Å². The molecule has 0 amide bonds. The van der Waals surface area contributed by atoms with Crippen LogP contribution >= 0.6 is 0 Å². The van der Waals surface area contributed by atoms with Gasteiger partial charge < -0.3 is 5.32 Å². The summed E-state index contributed by atoms with van der Waals surface area (Å²) >= 11 is 0. The second kappa shape index (κ2) is 5.87. The van der Waals surface area contributed by atoms with E-state index in [1.54, 1.807) is 0 Å². The summed E-state index contributed by atoms with van der Waals surface area (Å²) in [5, 5.41) is 7.86. The van der Waals surface area contributed by atoms with Gasteiger partial charge in [-0.15, -0.1) is 0 Å². The minimum Gasteiger partial charge on any atom is -0.316 e. The molecule has 4 heteroatoms. The number of Topliss-reactive ketones (excluding diaryl/α,β-unsaturated/α-hetero) is 1. The van der Waals surface area contributed by atoms with Gasteiger partial charge in [0.15, 0.2) is 0 Å². The molecule has 1 unspecified atom stereocenters. The molecule has 106 valence electrons. The first-order valence-corrected chi connectivity index (χ1v) is 7.44. The minimum atomic E-state index is -0.144. The van der Waals surface area contributed by atoms with E-state index in [0.717, 1.165) is 50.3 Å². The number of carbonyl (C=O) groups excluding carboxylic acids is 1. The maximum absolute atomic E-state index is 12.7. The van der Waals surface area contributed by atoms with Gasteiger partial charge in [0.2, 0.25) is 0 Å². The molecule has 0 bridgehead atoms. The maximum atomic E-state index is 12.7. The molecule has 0 radical (unpaired) electrons. The van der Waals surface area contributed by atoms with E-state index in [1.807, 2.05) is 4.68 Å². The Balaban J connectivity index is 2.16. The zero-order valence-corrected chi connectivity index (χ0v) is 12.3. The lowest BCUT2D eigenvalue weighted by molar-refractivity contribution is -0.127. The van der Waals surface area contributed by atoms with E-state index in [9.17, 15) is 4.79 Å². The third-order valence-electron chi connectivity index (χ3n) is 4.43. The number of carbonyl (C=O) groups is 1. The summed E-state index contributed by atoms with van der Waals surface area (Å²) in [6, 6.07) is 2.09. The molecule has 0 aliphatic carbocycles. The molecule has 0 spiro atoms. The van der Waals surface area contributed by atoms with E-state index in [4.69, 9.17) is 0 Å². The highest BCUT2D eigenvalue weighted by molar-refractivity contribution is 5.87. The first-order chi connectivity index (χ1) is 9.15. The molecule has 2 rings (SSSR count). The van der Waals surface area contributed by atoms with Crippen molar-refractivity contribution in [3.05, 3.63) is 17.5 Å². The summed E-state index contributed by atoms with van der Waals surface area (Å²) in [6.07, 6.45) is 3.36. The molecule has 1 aromatic heterocycles. The molecule has 1 aromatic rings. The van der Waals surface area contributed by atoms with Crippen molar-refractivity contribution in [2.75, 3.05) is 13.1 Å². The highest BCUT2D eigenvalue weighted by Crippen LogP contribution is 2.31. The van der Waals surface area contributed by atoms with Crippen molar-refractivity contribution >= 4 is 5.78 Å². The van der Waals surface area contributed by atoms with Crippen molar-refractivity contribution < 1.29 is 4.79 Å². The molecule has 2 heterocycles. The Kier molecular flexibility index (Phi) is 4.40. The highest BCUT2D eigenvalue weighted by atomic mass is 16.1. The van der Waals surface area contributed by atoms with E-state index in [-0.39, 0.29) is 5.41 Å². The number of rotatable bonds is 6. The summed E-state index contributed by atoms with van der Waals surface area (Å²) in [6.45, 7) is 8.94. The van der Waals surface area contributed by atoms with Crippen LogP contribution in [0.5, 0.6) is 0 Å². The number of aromatic nitrogens is 2. The van der Waals surface area contributed by atoms with Gasteiger partial charge >= 0.3 is 0 Å². The number of hydrogen-bond acceptors (Lipinski definition) is 3. The molecule has 1 atom stereocenters. The predicted octanol–water partition coefficient (Wildman–Crippen LogP) is 1.97. The molecule has 4 nitrogen and oxygen atoms in total. The van der Waals surface area contributed by atoms with Gasteiger partial charge in [0.1, 0.15) is 5.78 Å². The predicted molar refractivity (Wildman–Crippen MR) is 76.2 cm³/mol. The van der Waals surface area contributed by atoms with E-state index in [1.165, 1.54) is 0 Å². The van der Waals surface area contributed by atoms with Crippen LogP contribution in [-0.2, 0) is 24.2 Å². The Bertz CT molecular complexity index is 444. The summed E-state index contributed by atoms with van der Waals surface area (Å²) in [4.78, 5) is 12.7. The van der Waals surface area contributed by atoms with Crippen LogP contribution in [0.2, 0.25) is 0 Å². The molecule has 1 N–H and O–H groups in total. The molecule has 1 aliphatic heterocycles. The lowest BCUT2D eigenvalue weighted by Gasteiger charge is -2.24. The van der Waals surface area contributed by atoms with E-state index < -0.39 is 0 Å². The Morgan fingerprint density at radius 3 is 2.79 bits per heavy atom. The summed E-state index contributed by atoms with van der Waals surface area (Å²) < 4.78 is 1.97. The zero-order valence-electron chi connectivity index (χ0n) is 12.3. The van der Waals surface area contributed by atoms with Crippen LogP contribution in [0.25, 0.3) is 0 Å². The molecule has 0 aromatic carbocycles. The molecular weight excluding hydrogens is 238 g/mol. The molecule has 1 fully saturated rings. The average Bonchev–Trinajstić information content (AvgIpc) is 3.05. The van der Waals surface area contributed by atoms with Gasteiger partial charge in [0.25, 0.3) is 0 Å². The molecule has 1 aliphatic rings. The maximum Gasteiger partial charge on any atom is 0.146 e. The quantitative estimate of drug-likeness (QED) is 0.853.